The van der Waals surface area contributed by atoms with Crippen molar-refractivity contribution in [1.82, 2.24) is 5.32 Å². The summed E-state index contributed by atoms with van der Waals surface area (Å²) in [6, 6.07) is 0.818. The van der Waals surface area contributed by atoms with Crippen molar-refractivity contribution in [1.29, 1.82) is 0 Å². The van der Waals surface area contributed by atoms with E-state index < -0.39 is 0 Å². The normalized spacial score (nSPS) is 39.2. The molecular formula is C9H15N. The van der Waals surface area contributed by atoms with Gasteiger partial charge in [-0.15, -0.1) is 0 Å². The SMILES string of the molecule is C1=CC[C@H]2NCCC[C@@H]2C1. The van der Waals surface area contributed by atoms with Crippen LogP contribution in [0.15, 0.2) is 12.2 Å². The average Bonchev–Trinajstić information content (AvgIpc) is 2.05. The Balaban J connectivity index is 2.01. The smallest absolute Gasteiger partial charge is 0.0133 e. The largest absolute Gasteiger partial charge is 0.313 e. The standard InChI is InChI=1S/C9H15N/c1-2-6-9-8(4-1)5-3-7-10-9/h1-2,8-10H,3-7H2/t8-,9+/m0/s1. The minimum absolute atomic E-state index is 0.818. The fraction of sp³-hybridized carbons (Fsp3) is 0.778. The maximum atomic E-state index is 3.57. The summed E-state index contributed by atoms with van der Waals surface area (Å²) in [6.07, 6.45) is 10.1. The molecule has 0 unspecified atom stereocenters. The summed E-state index contributed by atoms with van der Waals surface area (Å²) >= 11 is 0. The Hall–Kier alpha value is -0.300. The lowest BCUT2D eigenvalue weighted by molar-refractivity contribution is 0.274. The summed E-state index contributed by atoms with van der Waals surface area (Å²) in [5.74, 6) is 0.957. The molecule has 0 saturated carbocycles. The molecule has 0 bridgehead atoms. The van der Waals surface area contributed by atoms with E-state index in [0.717, 1.165) is 12.0 Å². The van der Waals surface area contributed by atoms with Gasteiger partial charge in [0.25, 0.3) is 0 Å². The lowest BCUT2D eigenvalue weighted by Crippen LogP contribution is -2.41. The van der Waals surface area contributed by atoms with Crippen molar-refractivity contribution in [3.05, 3.63) is 12.2 Å². The first-order valence-corrected chi connectivity index (χ1v) is 4.35. The quantitative estimate of drug-likeness (QED) is 0.501. The zero-order valence-electron chi connectivity index (χ0n) is 6.34. The fourth-order valence-corrected chi connectivity index (χ4v) is 2.09. The minimum atomic E-state index is 0.818. The molecule has 2 aliphatic rings. The molecular weight excluding hydrogens is 122 g/mol. The molecule has 1 heteroatoms. The summed E-state index contributed by atoms with van der Waals surface area (Å²) in [6.45, 7) is 1.25. The first kappa shape index (κ1) is 6.41. The summed E-state index contributed by atoms with van der Waals surface area (Å²) in [7, 11) is 0. The van der Waals surface area contributed by atoms with E-state index in [-0.39, 0.29) is 0 Å². The van der Waals surface area contributed by atoms with E-state index in [4.69, 9.17) is 0 Å². The van der Waals surface area contributed by atoms with Crippen LogP contribution in [0.5, 0.6) is 0 Å². The summed E-state index contributed by atoms with van der Waals surface area (Å²) in [5, 5.41) is 3.57. The first-order chi connectivity index (χ1) is 4.97. The van der Waals surface area contributed by atoms with Gasteiger partial charge in [0.2, 0.25) is 0 Å². The lowest BCUT2D eigenvalue weighted by atomic mass is 9.83. The van der Waals surface area contributed by atoms with E-state index in [0.29, 0.717) is 0 Å². The van der Waals surface area contributed by atoms with Crippen molar-refractivity contribution in [2.45, 2.75) is 31.7 Å². The van der Waals surface area contributed by atoms with Crippen molar-refractivity contribution in [2.75, 3.05) is 6.54 Å². The molecule has 0 aromatic rings. The molecule has 0 aromatic heterocycles. The van der Waals surface area contributed by atoms with Gasteiger partial charge in [0.1, 0.15) is 0 Å². The predicted octanol–water partition coefficient (Wildman–Crippen LogP) is 1.70. The van der Waals surface area contributed by atoms with Crippen LogP contribution in [0.1, 0.15) is 25.7 Å². The fourth-order valence-electron chi connectivity index (χ4n) is 2.09. The molecule has 1 nitrogen and oxygen atoms in total. The van der Waals surface area contributed by atoms with Gasteiger partial charge in [0.05, 0.1) is 0 Å². The highest BCUT2D eigenvalue weighted by Crippen LogP contribution is 2.26. The second-order valence-electron chi connectivity index (χ2n) is 3.41. The van der Waals surface area contributed by atoms with E-state index in [1.165, 1.54) is 32.2 Å². The van der Waals surface area contributed by atoms with Crippen LogP contribution in [0, 0.1) is 5.92 Å². The van der Waals surface area contributed by atoms with Gasteiger partial charge in [-0.1, -0.05) is 12.2 Å². The highest BCUT2D eigenvalue weighted by atomic mass is 14.9. The highest BCUT2D eigenvalue weighted by molar-refractivity contribution is 4.98. The molecule has 2 atom stereocenters. The van der Waals surface area contributed by atoms with Crippen LogP contribution in [0.2, 0.25) is 0 Å². The molecule has 10 heavy (non-hydrogen) atoms. The second-order valence-corrected chi connectivity index (χ2v) is 3.41. The number of nitrogens with one attached hydrogen (secondary N) is 1. The van der Waals surface area contributed by atoms with Crippen LogP contribution in [0.3, 0.4) is 0 Å². The van der Waals surface area contributed by atoms with Crippen molar-refractivity contribution in [3.8, 4) is 0 Å². The van der Waals surface area contributed by atoms with Gasteiger partial charge in [-0.2, -0.15) is 0 Å². The molecule has 0 amide bonds. The van der Waals surface area contributed by atoms with E-state index in [1.807, 2.05) is 0 Å². The number of allylic oxidation sites excluding steroid dienone is 1. The molecule has 1 aliphatic carbocycles. The van der Waals surface area contributed by atoms with Crippen molar-refractivity contribution < 1.29 is 0 Å². The van der Waals surface area contributed by atoms with Gasteiger partial charge in [0, 0.05) is 6.04 Å². The van der Waals surface area contributed by atoms with Crippen LogP contribution in [0.4, 0.5) is 0 Å². The Morgan fingerprint density at radius 1 is 1.20 bits per heavy atom. The van der Waals surface area contributed by atoms with Crippen LogP contribution in [-0.4, -0.2) is 12.6 Å². The summed E-state index contributed by atoms with van der Waals surface area (Å²) in [5.41, 5.74) is 0. The van der Waals surface area contributed by atoms with Crippen molar-refractivity contribution >= 4 is 0 Å². The third-order valence-corrected chi connectivity index (χ3v) is 2.72. The lowest BCUT2D eigenvalue weighted by Gasteiger charge is -2.33. The highest BCUT2D eigenvalue weighted by Gasteiger charge is 2.24. The van der Waals surface area contributed by atoms with Crippen LogP contribution >= 0.6 is 0 Å². The second kappa shape index (κ2) is 2.75. The van der Waals surface area contributed by atoms with Crippen LogP contribution in [0.25, 0.3) is 0 Å². The molecule has 1 saturated heterocycles. The number of piperidine rings is 1. The molecule has 1 heterocycles. The molecule has 1 aliphatic heterocycles. The van der Waals surface area contributed by atoms with Gasteiger partial charge in [-0.25, -0.2) is 0 Å². The summed E-state index contributed by atoms with van der Waals surface area (Å²) < 4.78 is 0. The topological polar surface area (TPSA) is 12.0 Å². The zero-order chi connectivity index (χ0) is 6.81. The monoisotopic (exact) mass is 137 g/mol. The molecule has 1 fully saturated rings. The van der Waals surface area contributed by atoms with Gasteiger partial charge < -0.3 is 5.32 Å². The third kappa shape index (κ3) is 1.10. The Labute approximate surface area is 62.5 Å². The number of hydrogen-bond donors (Lipinski definition) is 1. The first-order valence-electron chi connectivity index (χ1n) is 4.35. The Morgan fingerprint density at radius 3 is 3.00 bits per heavy atom. The Morgan fingerprint density at radius 2 is 2.10 bits per heavy atom. The average molecular weight is 137 g/mol. The van der Waals surface area contributed by atoms with E-state index in [2.05, 4.69) is 17.5 Å². The number of fused-ring (bicyclic) bond motifs is 1. The Kier molecular flexibility index (Phi) is 1.76. The minimum Gasteiger partial charge on any atom is -0.313 e. The van der Waals surface area contributed by atoms with E-state index in [9.17, 15) is 0 Å². The zero-order valence-corrected chi connectivity index (χ0v) is 6.34. The molecule has 0 radical (unpaired) electrons. The maximum absolute atomic E-state index is 3.57. The molecule has 0 spiro atoms. The van der Waals surface area contributed by atoms with Gasteiger partial charge in [-0.3, -0.25) is 0 Å². The van der Waals surface area contributed by atoms with E-state index >= 15 is 0 Å². The van der Waals surface area contributed by atoms with Gasteiger partial charge in [0.15, 0.2) is 0 Å². The van der Waals surface area contributed by atoms with Gasteiger partial charge >= 0.3 is 0 Å². The molecule has 0 aromatic carbocycles. The number of rotatable bonds is 0. The maximum Gasteiger partial charge on any atom is 0.0133 e. The van der Waals surface area contributed by atoms with Gasteiger partial charge in [-0.05, 0) is 38.1 Å². The molecule has 56 valence electrons. The van der Waals surface area contributed by atoms with Crippen molar-refractivity contribution in [3.63, 3.8) is 0 Å². The molecule has 2 rings (SSSR count). The van der Waals surface area contributed by atoms with Crippen LogP contribution in [-0.2, 0) is 0 Å². The molecule has 1 N–H and O–H groups in total. The van der Waals surface area contributed by atoms with Crippen LogP contribution < -0.4 is 5.32 Å². The predicted molar refractivity (Wildman–Crippen MR) is 42.9 cm³/mol. The number of hydrogen-bond acceptors (Lipinski definition) is 1. The third-order valence-electron chi connectivity index (χ3n) is 2.72. The Bertz CT molecular complexity index is 124. The van der Waals surface area contributed by atoms with Crippen molar-refractivity contribution in [2.24, 2.45) is 5.92 Å². The van der Waals surface area contributed by atoms with E-state index in [1.54, 1.807) is 0 Å². The summed E-state index contributed by atoms with van der Waals surface area (Å²) in [4.78, 5) is 0.